The van der Waals surface area contributed by atoms with E-state index in [9.17, 15) is 9.59 Å². The van der Waals surface area contributed by atoms with Gasteiger partial charge in [0, 0.05) is 12.0 Å². The number of amides is 2. The van der Waals surface area contributed by atoms with Crippen LogP contribution < -0.4 is 20.5 Å². The molecule has 0 spiro atoms. The molecule has 0 radical (unpaired) electrons. The molecule has 28 heavy (non-hydrogen) atoms. The van der Waals surface area contributed by atoms with Crippen LogP contribution in [0, 0.1) is 0 Å². The van der Waals surface area contributed by atoms with Crippen LogP contribution in [0.3, 0.4) is 0 Å². The lowest BCUT2D eigenvalue weighted by atomic mass is 9.87. The van der Waals surface area contributed by atoms with Gasteiger partial charge in [0.1, 0.15) is 11.5 Å². The van der Waals surface area contributed by atoms with Gasteiger partial charge in [-0.25, -0.2) is 0 Å². The number of benzene rings is 2. The SMILES string of the molecule is CC(C)(C)c1ccc(OCCCOc2ccc(C(=O)NCC(N)=O)cc2)cc1. The predicted octanol–water partition coefficient (Wildman–Crippen LogP) is 3.05. The molecule has 0 aromatic heterocycles. The van der Waals surface area contributed by atoms with Crippen LogP contribution in [0.15, 0.2) is 48.5 Å². The highest BCUT2D eigenvalue weighted by Gasteiger charge is 2.12. The minimum Gasteiger partial charge on any atom is -0.493 e. The summed E-state index contributed by atoms with van der Waals surface area (Å²) in [6.45, 7) is 7.42. The molecule has 3 N–H and O–H groups in total. The first-order chi connectivity index (χ1) is 13.3. The number of nitrogens with two attached hydrogens (primary N) is 1. The number of carbonyl (C=O) groups is 2. The standard InChI is InChI=1S/C22H28N2O4/c1-22(2,3)17-7-11-19(12-8-17)28-14-4-13-27-18-9-5-16(6-10-18)21(26)24-15-20(23)25/h5-12H,4,13-15H2,1-3H3,(H2,23,25)(H,24,26). The van der Waals surface area contributed by atoms with E-state index in [0.717, 1.165) is 12.2 Å². The summed E-state index contributed by atoms with van der Waals surface area (Å²) in [5.74, 6) is 0.581. The molecular weight excluding hydrogens is 356 g/mol. The highest BCUT2D eigenvalue weighted by atomic mass is 16.5. The normalized spacial score (nSPS) is 11.0. The zero-order chi connectivity index (χ0) is 20.6. The minimum absolute atomic E-state index is 0.129. The zero-order valence-electron chi connectivity index (χ0n) is 16.7. The van der Waals surface area contributed by atoms with Crippen LogP contribution in [0.4, 0.5) is 0 Å². The van der Waals surface area contributed by atoms with Gasteiger partial charge in [-0.05, 0) is 47.4 Å². The van der Waals surface area contributed by atoms with E-state index in [2.05, 4.69) is 38.2 Å². The van der Waals surface area contributed by atoms with Crippen LogP contribution in [0.2, 0.25) is 0 Å². The van der Waals surface area contributed by atoms with E-state index in [-0.39, 0.29) is 17.9 Å². The molecule has 0 saturated heterocycles. The van der Waals surface area contributed by atoms with Crippen molar-refractivity contribution in [2.75, 3.05) is 19.8 Å². The quantitative estimate of drug-likeness (QED) is 0.650. The Morgan fingerprint density at radius 1 is 0.893 bits per heavy atom. The molecule has 0 aliphatic heterocycles. The number of hydrogen-bond donors (Lipinski definition) is 2. The van der Waals surface area contributed by atoms with E-state index in [1.807, 2.05) is 12.1 Å². The van der Waals surface area contributed by atoms with Crippen LogP contribution in [0.1, 0.15) is 43.1 Å². The number of carbonyl (C=O) groups excluding carboxylic acids is 2. The Balaban J connectivity index is 1.69. The van der Waals surface area contributed by atoms with Crippen molar-refractivity contribution >= 4 is 11.8 Å². The van der Waals surface area contributed by atoms with Crippen molar-refractivity contribution in [1.29, 1.82) is 0 Å². The monoisotopic (exact) mass is 384 g/mol. The van der Waals surface area contributed by atoms with Gasteiger partial charge in [-0.15, -0.1) is 0 Å². The molecule has 0 heterocycles. The lowest BCUT2D eigenvalue weighted by molar-refractivity contribution is -0.117. The molecular formula is C22H28N2O4. The molecule has 2 aromatic rings. The smallest absolute Gasteiger partial charge is 0.251 e. The molecule has 2 aromatic carbocycles. The third-order valence-electron chi connectivity index (χ3n) is 4.09. The zero-order valence-corrected chi connectivity index (χ0v) is 16.7. The van der Waals surface area contributed by atoms with E-state index >= 15 is 0 Å². The Morgan fingerprint density at radius 3 is 1.86 bits per heavy atom. The fourth-order valence-corrected chi connectivity index (χ4v) is 2.46. The molecule has 0 atom stereocenters. The summed E-state index contributed by atoms with van der Waals surface area (Å²) in [6.07, 6.45) is 0.738. The summed E-state index contributed by atoms with van der Waals surface area (Å²) in [7, 11) is 0. The highest BCUT2D eigenvalue weighted by Crippen LogP contribution is 2.24. The number of rotatable bonds is 9. The van der Waals surface area contributed by atoms with E-state index < -0.39 is 5.91 Å². The second-order valence-electron chi connectivity index (χ2n) is 7.50. The number of nitrogens with one attached hydrogen (secondary N) is 1. The second kappa shape index (κ2) is 9.78. The molecule has 2 amide bonds. The fourth-order valence-electron chi connectivity index (χ4n) is 2.46. The van der Waals surface area contributed by atoms with Crippen molar-refractivity contribution in [3.8, 4) is 11.5 Å². The Hall–Kier alpha value is -3.02. The Labute approximate surface area is 166 Å². The van der Waals surface area contributed by atoms with Gasteiger partial charge < -0.3 is 20.5 Å². The topological polar surface area (TPSA) is 90.7 Å². The number of ether oxygens (including phenoxy) is 2. The number of primary amides is 1. The van der Waals surface area contributed by atoms with Crippen LogP contribution in [-0.4, -0.2) is 31.6 Å². The molecule has 0 aliphatic carbocycles. The molecule has 0 aliphatic rings. The average Bonchev–Trinajstić information content (AvgIpc) is 2.66. The van der Waals surface area contributed by atoms with Crippen molar-refractivity contribution < 1.29 is 19.1 Å². The van der Waals surface area contributed by atoms with Crippen LogP contribution >= 0.6 is 0 Å². The van der Waals surface area contributed by atoms with E-state index in [1.54, 1.807) is 24.3 Å². The van der Waals surface area contributed by atoms with Crippen molar-refractivity contribution in [2.24, 2.45) is 5.73 Å². The average molecular weight is 384 g/mol. The van der Waals surface area contributed by atoms with Crippen LogP contribution in [0.5, 0.6) is 11.5 Å². The maximum Gasteiger partial charge on any atom is 0.251 e. The first kappa shape index (κ1) is 21.3. The predicted molar refractivity (Wildman–Crippen MR) is 109 cm³/mol. The molecule has 6 heteroatoms. The van der Waals surface area contributed by atoms with Gasteiger partial charge in [-0.2, -0.15) is 0 Å². The van der Waals surface area contributed by atoms with Gasteiger partial charge in [-0.1, -0.05) is 32.9 Å². The van der Waals surface area contributed by atoms with Crippen LogP contribution in [0.25, 0.3) is 0 Å². The maximum atomic E-state index is 11.8. The molecule has 150 valence electrons. The van der Waals surface area contributed by atoms with Gasteiger partial charge >= 0.3 is 0 Å². The van der Waals surface area contributed by atoms with Crippen molar-refractivity contribution in [3.05, 3.63) is 59.7 Å². The fraction of sp³-hybridized carbons (Fsp3) is 0.364. The Morgan fingerprint density at radius 2 is 1.39 bits per heavy atom. The largest absolute Gasteiger partial charge is 0.493 e. The molecule has 2 rings (SSSR count). The second-order valence-corrected chi connectivity index (χ2v) is 7.50. The van der Waals surface area contributed by atoms with Gasteiger partial charge in [0.25, 0.3) is 5.91 Å². The molecule has 0 saturated carbocycles. The first-order valence-electron chi connectivity index (χ1n) is 9.28. The van der Waals surface area contributed by atoms with E-state index in [0.29, 0.717) is 24.5 Å². The molecule has 6 nitrogen and oxygen atoms in total. The van der Waals surface area contributed by atoms with Gasteiger partial charge in [-0.3, -0.25) is 9.59 Å². The lowest BCUT2D eigenvalue weighted by Crippen LogP contribution is -2.33. The molecule has 0 fully saturated rings. The lowest BCUT2D eigenvalue weighted by Gasteiger charge is -2.19. The van der Waals surface area contributed by atoms with Crippen molar-refractivity contribution in [1.82, 2.24) is 5.32 Å². The van der Waals surface area contributed by atoms with Gasteiger partial charge in [0.15, 0.2) is 0 Å². The van der Waals surface area contributed by atoms with Gasteiger partial charge in [0.2, 0.25) is 5.91 Å². The third kappa shape index (κ3) is 6.95. The third-order valence-corrected chi connectivity index (χ3v) is 4.09. The summed E-state index contributed by atoms with van der Waals surface area (Å²) < 4.78 is 11.4. The maximum absolute atomic E-state index is 11.8. The molecule has 0 unspecified atom stereocenters. The minimum atomic E-state index is -0.583. The summed E-state index contributed by atoms with van der Waals surface area (Å²) in [4.78, 5) is 22.5. The van der Waals surface area contributed by atoms with Gasteiger partial charge in [0.05, 0.1) is 19.8 Å². The highest BCUT2D eigenvalue weighted by molar-refractivity contribution is 5.96. The van der Waals surface area contributed by atoms with E-state index in [1.165, 1.54) is 5.56 Å². The Bertz CT molecular complexity index is 778. The summed E-state index contributed by atoms with van der Waals surface area (Å²) >= 11 is 0. The first-order valence-corrected chi connectivity index (χ1v) is 9.28. The summed E-state index contributed by atoms with van der Waals surface area (Å²) in [6, 6.07) is 14.9. The van der Waals surface area contributed by atoms with Crippen molar-refractivity contribution in [3.63, 3.8) is 0 Å². The van der Waals surface area contributed by atoms with Crippen molar-refractivity contribution in [2.45, 2.75) is 32.6 Å². The Kier molecular flexibility index (Phi) is 7.44. The molecule has 0 bridgehead atoms. The summed E-state index contributed by atoms with van der Waals surface area (Å²) in [5, 5.41) is 2.43. The number of hydrogen-bond acceptors (Lipinski definition) is 4. The van der Waals surface area contributed by atoms with E-state index in [4.69, 9.17) is 15.2 Å². The van der Waals surface area contributed by atoms with Crippen LogP contribution in [-0.2, 0) is 10.2 Å². The summed E-state index contributed by atoms with van der Waals surface area (Å²) in [5.41, 5.74) is 6.84.